The maximum Gasteiger partial charge on any atom is 0.144 e. The lowest BCUT2D eigenvalue weighted by molar-refractivity contribution is 0.248. The van der Waals surface area contributed by atoms with E-state index in [4.69, 9.17) is 10.5 Å². The lowest BCUT2D eigenvalue weighted by atomic mass is 10.0. The van der Waals surface area contributed by atoms with Crippen LogP contribution in [0, 0.1) is 0 Å². The summed E-state index contributed by atoms with van der Waals surface area (Å²) >= 11 is 0. The van der Waals surface area contributed by atoms with Gasteiger partial charge in [-0.15, -0.1) is 0 Å². The van der Waals surface area contributed by atoms with E-state index >= 15 is 0 Å². The van der Waals surface area contributed by atoms with Gasteiger partial charge in [0.1, 0.15) is 5.75 Å². The normalized spacial score (nSPS) is 20.3. The number of likely N-dealkylation sites (N-methyl/N-ethyl adjacent to an activating group) is 2. The SMILES string of the molecule is CCOc1cc(N(C)C2CCCN(C)C2)ccc1N. The van der Waals surface area contributed by atoms with Crippen molar-refractivity contribution < 1.29 is 4.74 Å². The third kappa shape index (κ3) is 3.32. The Kier molecular flexibility index (Phi) is 4.53. The Morgan fingerprint density at radius 1 is 1.47 bits per heavy atom. The summed E-state index contributed by atoms with van der Waals surface area (Å²) < 4.78 is 5.57. The Morgan fingerprint density at radius 3 is 2.95 bits per heavy atom. The lowest BCUT2D eigenvalue weighted by Crippen LogP contribution is -2.45. The second-order valence-electron chi connectivity index (χ2n) is 5.32. The van der Waals surface area contributed by atoms with E-state index < -0.39 is 0 Å². The molecule has 1 saturated heterocycles. The maximum atomic E-state index is 5.92. The van der Waals surface area contributed by atoms with E-state index in [1.807, 2.05) is 19.1 Å². The topological polar surface area (TPSA) is 41.7 Å². The van der Waals surface area contributed by atoms with Crippen molar-refractivity contribution in [3.05, 3.63) is 18.2 Å². The number of likely N-dealkylation sites (tertiary alicyclic amines) is 1. The number of anilines is 2. The van der Waals surface area contributed by atoms with E-state index in [1.165, 1.54) is 25.1 Å². The van der Waals surface area contributed by atoms with Crippen molar-refractivity contribution in [3.63, 3.8) is 0 Å². The molecule has 19 heavy (non-hydrogen) atoms. The van der Waals surface area contributed by atoms with Gasteiger partial charge in [-0.05, 0) is 45.5 Å². The van der Waals surface area contributed by atoms with Gasteiger partial charge in [0.15, 0.2) is 0 Å². The molecular weight excluding hydrogens is 238 g/mol. The largest absolute Gasteiger partial charge is 0.492 e. The van der Waals surface area contributed by atoms with Gasteiger partial charge in [-0.25, -0.2) is 0 Å². The Balaban J connectivity index is 2.13. The van der Waals surface area contributed by atoms with Crippen LogP contribution in [0.1, 0.15) is 19.8 Å². The van der Waals surface area contributed by atoms with Crippen LogP contribution in [0.3, 0.4) is 0 Å². The van der Waals surface area contributed by atoms with E-state index in [2.05, 4.69) is 30.0 Å². The van der Waals surface area contributed by atoms with Gasteiger partial charge in [0, 0.05) is 31.4 Å². The molecule has 1 aliphatic rings. The van der Waals surface area contributed by atoms with Gasteiger partial charge in [-0.3, -0.25) is 0 Å². The Morgan fingerprint density at radius 2 is 2.26 bits per heavy atom. The minimum Gasteiger partial charge on any atom is -0.492 e. The minimum absolute atomic E-state index is 0.567. The first kappa shape index (κ1) is 14.0. The van der Waals surface area contributed by atoms with Crippen molar-refractivity contribution in [3.8, 4) is 5.75 Å². The number of nitrogens with zero attached hydrogens (tertiary/aromatic N) is 2. The van der Waals surface area contributed by atoms with Gasteiger partial charge >= 0.3 is 0 Å². The number of rotatable bonds is 4. The molecular formula is C15H25N3O. The zero-order chi connectivity index (χ0) is 13.8. The van der Waals surface area contributed by atoms with Crippen molar-refractivity contribution in [1.82, 2.24) is 4.90 Å². The summed E-state index contributed by atoms with van der Waals surface area (Å²) in [6, 6.07) is 6.63. The predicted molar refractivity (Wildman–Crippen MR) is 80.9 cm³/mol. The van der Waals surface area contributed by atoms with Gasteiger partial charge in [0.25, 0.3) is 0 Å². The molecule has 1 fully saturated rings. The molecule has 1 aromatic carbocycles. The number of hydrogen-bond donors (Lipinski definition) is 1. The fourth-order valence-corrected chi connectivity index (χ4v) is 2.69. The molecule has 1 atom stereocenters. The monoisotopic (exact) mass is 263 g/mol. The highest BCUT2D eigenvalue weighted by molar-refractivity contribution is 5.62. The highest BCUT2D eigenvalue weighted by Crippen LogP contribution is 2.29. The molecule has 0 saturated carbocycles. The summed E-state index contributed by atoms with van der Waals surface area (Å²) in [5.74, 6) is 0.788. The fraction of sp³-hybridized carbons (Fsp3) is 0.600. The second kappa shape index (κ2) is 6.15. The molecule has 106 valence electrons. The lowest BCUT2D eigenvalue weighted by Gasteiger charge is -2.37. The number of nitrogens with two attached hydrogens (primary N) is 1. The summed E-state index contributed by atoms with van der Waals surface area (Å²) in [4.78, 5) is 4.74. The highest BCUT2D eigenvalue weighted by atomic mass is 16.5. The van der Waals surface area contributed by atoms with E-state index in [1.54, 1.807) is 0 Å². The third-order valence-corrected chi connectivity index (χ3v) is 3.85. The zero-order valence-electron chi connectivity index (χ0n) is 12.2. The van der Waals surface area contributed by atoms with Crippen molar-refractivity contribution in [2.45, 2.75) is 25.8 Å². The average Bonchev–Trinajstić information content (AvgIpc) is 2.41. The van der Waals surface area contributed by atoms with Crippen LogP contribution in [0.2, 0.25) is 0 Å². The van der Waals surface area contributed by atoms with Crippen LogP contribution < -0.4 is 15.4 Å². The summed E-state index contributed by atoms with van der Waals surface area (Å²) in [7, 11) is 4.35. The predicted octanol–water partition coefficient (Wildman–Crippen LogP) is 2.20. The van der Waals surface area contributed by atoms with E-state index in [0.717, 1.165) is 12.3 Å². The number of piperidine rings is 1. The van der Waals surface area contributed by atoms with Gasteiger partial charge in [0.05, 0.1) is 12.3 Å². The van der Waals surface area contributed by atoms with Crippen LogP contribution in [0.15, 0.2) is 18.2 Å². The third-order valence-electron chi connectivity index (χ3n) is 3.85. The van der Waals surface area contributed by atoms with Gasteiger partial charge in [-0.2, -0.15) is 0 Å². The zero-order valence-corrected chi connectivity index (χ0v) is 12.2. The van der Waals surface area contributed by atoms with Gasteiger partial charge < -0.3 is 20.3 Å². The number of benzene rings is 1. The summed E-state index contributed by atoms with van der Waals surface area (Å²) in [6.45, 7) is 4.94. The molecule has 0 bridgehead atoms. The first-order valence-electron chi connectivity index (χ1n) is 7.05. The first-order chi connectivity index (χ1) is 9.11. The van der Waals surface area contributed by atoms with Crippen LogP contribution in [0.25, 0.3) is 0 Å². The molecule has 1 unspecified atom stereocenters. The van der Waals surface area contributed by atoms with Gasteiger partial charge in [0.2, 0.25) is 0 Å². The van der Waals surface area contributed by atoms with E-state index in [0.29, 0.717) is 18.3 Å². The minimum atomic E-state index is 0.567. The Hall–Kier alpha value is -1.42. The van der Waals surface area contributed by atoms with Crippen molar-refractivity contribution in [1.29, 1.82) is 0 Å². The highest BCUT2D eigenvalue weighted by Gasteiger charge is 2.21. The summed E-state index contributed by atoms with van der Waals surface area (Å²) in [5.41, 5.74) is 7.81. The second-order valence-corrected chi connectivity index (χ2v) is 5.32. The van der Waals surface area contributed by atoms with Crippen LogP contribution >= 0.6 is 0 Å². The molecule has 1 heterocycles. The molecule has 2 rings (SSSR count). The van der Waals surface area contributed by atoms with E-state index in [9.17, 15) is 0 Å². The standard InChI is InChI=1S/C15H25N3O/c1-4-19-15-10-12(7-8-14(15)16)18(3)13-6-5-9-17(2)11-13/h7-8,10,13H,4-6,9,11,16H2,1-3H3. The molecule has 1 aromatic rings. The first-order valence-corrected chi connectivity index (χ1v) is 7.05. The molecule has 0 aliphatic carbocycles. The van der Waals surface area contributed by atoms with Crippen molar-refractivity contribution >= 4 is 11.4 Å². The van der Waals surface area contributed by atoms with Crippen molar-refractivity contribution in [2.75, 3.05) is 44.4 Å². The number of nitrogen functional groups attached to an aromatic ring is 1. The van der Waals surface area contributed by atoms with Crippen molar-refractivity contribution in [2.24, 2.45) is 0 Å². The van der Waals surface area contributed by atoms with Gasteiger partial charge in [-0.1, -0.05) is 0 Å². The molecule has 4 nitrogen and oxygen atoms in total. The number of ether oxygens (including phenoxy) is 1. The summed E-state index contributed by atoms with van der Waals surface area (Å²) in [6.07, 6.45) is 2.51. The van der Waals surface area contributed by atoms with Crippen LogP contribution in [0.5, 0.6) is 5.75 Å². The molecule has 4 heteroatoms. The summed E-state index contributed by atoms with van der Waals surface area (Å²) in [5, 5.41) is 0. The molecule has 0 amide bonds. The molecule has 0 aromatic heterocycles. The molecule has 0 spiro atoms. The van der Waals surface area contributed by atoms with Crippen LogP contribution in [-0.2, 0) is 0 Å². The van der Waals surface area contributed by atoms with E-state index in [-0.39, 0.29) is 0 Å². The van der Waals surface area contributed by atoms with Crippen LogP contribution in [0.4, 0.5) is 11.4 Å². The fourth-order valence-electron chi connectivity index (χ4n) is 2.69. The quantitative estimate of drug-likeness (QED) is 0.846. The maximum absolute atomic E-state index is 5.92. The average molecular weight is 263 g/mol. The molecule has 0 radical (unpaired) electrons. The smallest absolute Gasteiger partial charge is 0.144 e. The number of hydrogen-bond acceptors (Lipinski definition) is 4. The Labute approximate surface area is 116 Å². The molecule has 1 aliphatic heterocycles. The van der Waals surface area contributed by atoms with Crippen LogP contribution in [-0.4, -0.2) is 44.7 Å². The Bertz CT molecular complexity index is 422. The molecule has 2 N–H and O–H groups in total.